The summed E-state index contributed by atoms with van der Waals surface area (Å²) >= 11 is 6.09. The third-order valence-electron chi connectivity index (χ3n) is 2.63. The van der Waals surface area contributed by atoms with Gasteiger partial charge in [0.25, 0.3) is 0 Å². The van der Waals surface area contributed by atoms with Crippen molar-refractivity contribution >= 4 is 36.2 Å². The van der Waals surface area contributed by atoms with Gasteiger partial charge < -0.3 is 14.0 Å². The maximum absolute atomic E-state index is 12.4. The zero-order valence-corrected chi connectivity index (χ0v) is 12.9. The molecule has 0 spiro atoms. The van der Waals surface area contributed by atoms with Crippen LogP contribution in [0.1, 0.15) is 19.4 Å². The van der Waals surface area contributed by atoms with Gasteiger partial charge in [-0.15, -0.1) is 0 Å². The number of fused-ring (bicyclic) bond motifs is 1. The summed E-state index contributed by atoms with van der Waals surface area (Å²) in [7, 11) is -3.24. The van der Waals surface area contributed by atoms with Gasteiger partial charge in [0.2, 0.25) is 0 Å². The Kier molecular flexibility index (Phi) is 5.00. The number of nitrogens with zero attached hydrogens (tertiary/aromatic N) is 1. The molecule has 1 N–H and O–H groups in total. The Morgan fingerprint density at radius 1 is 1.40 bits per heavy atom. The third-order valence-corrected chi connectivity index (χ3v) is 4.68. The second kappa shape index (κ2) is 6.55. The van der Waals surface area contributed by atoms with E-state index in [0.29, 0.717) is 23.9 Å². The van der Waals surface area contributed by atoms with Gasteiger partial charge in [0.1, 0.15) is 5.15 Å². The van der Waals surface area contributed by atoms with Crippen LogP contribution in [0.15, 0.2) is 24.3 Å². The average Bonchev–Trinajstić information content (AvgIpc) is 2.86. The minimum absolute atomic E-state index is 0.306. The van der Waals surface area contributed by atoms with Crippen molar-refractivity contribution < 1.29 is 13.6 Å². The van der Waals surface area contributed by atoms with Crippen LogP contribution < -0.4 is 0 Å². The second-order valence-electron chi connectivity index (χ2n) is 3.96. The number of aromatic amines is 1. The smallest absolute Gasteiger partial charge is 0.354 e. The van der Waals surface area contributed by atoms with E-state index < -0.39 is 7.60 Å². The molecule has 2 aromatic heterocycles. The molecular formula is C13H16ClN2O3P. The van der Waals surface area contributed by atoms with Crippen LogP contribution >= 0.6 is 19.2 Å². The summed E-state index contributed by atoms with van der Waals surface area (Å²) < 4.78 is 22.8. The van der Waals surface area contributed by atoms with Crippen molar-refractivity contribution in [1.29, 1.82) is 0 Å². The van der Waals surface area contributed by atoms with Gasteiger partial charge in [0.05, 0.1) is 18.7 Å². The number of H-pyrrole nitrogens is 1. The predicted octanol–water partition coefficient (Wildman–Crippen LogP) is 4.45. The molecule has 2 aromatic rings. The van der Waals surface area contributed by atoms with E-state index >= 15 is 0 Å². The fraction of sp³-hybridized carbons (Fsp3) is 0.308. The largest absolute Gasteiger partial charge is 0.361 e. The van der Waals surface area contributed by atoms with Crippen molar-refractivity contribution in [2.75, 3.05) is 13.2 Å². The summed E-state index contributed by atoms with van der Waals surface area (Å²) in [6.45, 7) is 4.14. The van der Waals surface area contributed by atoms with Crippen LogP contribution in [0.4, 0.5) is 0 Å². The Hall–Kier alpha value is -1.13. The second-order valence-corrected chi connectivity index (χ2v) is 6.21. The molecule has 108 valence electrons. The lowest BCUT2D eigenvalue weighted by Crippen LogP contribution is -1.93. The molecule has 0 aromatic carbocycles. The topological polar surface area (TPSA) is 64.2 Å². The van der Waals surface area contributed by atoms with E-state index in [1.807, 2.05) is 6.07 Å². The molecule has 0 bridgehead atoms. The lowest BCUT2D eigenvalue weighted by Gasteiger charge is -2.12. The minimum atomic E-state index is -3.24. The predicted molar refractivity (Wildman–Crippen MR) is 81.0 cm³/mol. The Labute approximate surface area is 122 Å². The van der Waals surface area contributed by atoms with Gasteiger partial charge in [-0.25, -0.2) is 4.98 Å². The number of hydrogen-bond acceptors (Lipinski definition) is 4. The molecule has 0 saturated heterocycles. The normalized spacial score (nSPS) is 12.6. The molecular weight excluding hydrogens is 299 g/mol. The monoisotopic (exact) mass is 314 g/mol. The standard InChI is InChI=1S/C13H16ClN2O3P/c1-3-18-20(17,19-4-2)8-6-11-12-10(5-7-15-12)9-16-13(11)14/h5-9,15H,3-4H2,1-2H3/b8-6+. The lowest BCUT2D eigenvalue weighted by molar-refractivity contribution is 0.229. The first kappa shape index (κ1) is 15.3. The van der Waals surface area contributed by atoms with Gasteiger partial charge in [0.15, 0.2) is 0 Å². The number of pyridine rings is 1. The molecule has 0 radical (unpaired) electrons. The highest BCUT2D eigenvalue weighted by Crippen LogP contribution is 2.50. The fourth-order valence-corrected chi connectivity index (χ4v) is 3.33. The van der Waals surface area contributed by atoms with E-state index in [4.69, 9.17) is 20.6 Å². The van der Waals surface area contributed by atoms with E-state index in [-0.39, 0.29) is 0 Å². The first-order valence-corrected chi connectivity index (χ1v) is 8.28. The molecule has 7 heteroatoms. The average molecular weight is 315 g/mol. The lowest BCUT2D eigenvalue weighted by atomic mass is 10.2. The molecule has 0 atom stereocenters. The Bertz CT molecular complexity index is 659. The Morgan fingerprint density at radius 2 is 2.10 bits per heavy atom. The third kappa shape index (κ3) is 3.30. The number of aromatic nitrogens is 2. The molecule has 0 aliphatic rings. The minimum Gasteiger partial charge on any atom is -0.361 e. The number of rotatable bonds is 6. The summed E-state index contributed by atoms with van der Waals surface area (Å²) in [5.74, 6) is 1.42. The maximum atomic E-state index is 12.4. The van der Waals surface area contributed by atoms with E-state index in [9.17, 15) is 4.57 Å². The molecule has 0 amide bonds. The molecule has 0 aliphatic carbocycles. The van der Waals surface area contributed by atoms with Gasteiger partial charge in [-0.2, -0.15) is 0 Å². The summed E-state index contributed by atoms with van der Waals surface area (Å²) in [5, 5.41) is 1.26. The molecule has 0 saturated carbocycles. The van der Waals surface area contributed by atoms with Crippen molar-refractivity contribution in [2.45, 2.75) is 13.8 Å². The van der Waals surface area contributed by atoms with Crippen LogP contribution in [-0.4, -0.2) is 23.2 Å². The Morgan fingerprint density at radius 3 is 2.75 bits per heavy atom. The number of hydrogen-bond donors (Lipinski definition) is 1. The SMILES string of the molecule is CCOP(=O)(/C=C/c1c(Cl)ncc2cc[nH]c12)OCC. The summed E-state index contributed by atoms with van der Waals surface area (Å²) in [6.07, 6.45) is 5.10. The highest BCUT2D eigenvalue weighted by molar-refractivity contribution is 7.57. The summed E-state index contributed by atoms with van der Waals surface area (Å²) in [5.41, 5.74) is 1.49. The van der Waals surface area contributed by atoms with Crippen LogP contribution in [0, 0.1) is 0 Å². The van der Waals surface area contributed by atoms with Crippen molar-refractivity contribution in [3.05, 3.63) is 35.0 Å². The zero-order chi connectivity index (χ0) is 14.6. The summed E-state index contributed by atoms with van der Waals surface area (Å²) in [6, 6.07) is 1.89. The summed E-state index contributed by atoms with van der Waals surface area (Å²) in [4.78, 5) is 7.18. The maximum Gasteiger partial charge on any atom is 0.354 e. The zero-order valence-electron chi connectivity index (χ0n) is 11.3. The molecule has 2 heterocycles. The van der Waals surface area contributed by atoms with Crippen LogP contribution in [0.3, 0.4) is 0 Å². The highest BCUT2D eigenvalue weighted by atomic mass is 35.5. The fourth-order valence-electron chi connectivity index (χ4n) is 1.82. The molecule has 5 nitrogen and oxygen atoms in total. The number of nitrogens with one attached hydrogen (secondary N) is 1. The van der Waals surface area contributed by atoms with Gasteiger partial charge in [0, 0.05) is 29.2 Å². The van der Waals surface area contributed by atoms with Crippen molar-refractivity contribution in [1.82, 2.24) is 9.97 Å². The molecule has 0 unspecified atom stereocenters. The number of halogens is 1. The van der Waals surface area contributed by atoms with Gasteiger partial charge >= 0.3 is 7.60 Å². The van der Waals surface area contributed by atoms with Gasteiger partial charge in [-0.1, -0.05) is 11.6 Å². The van der Waals surface area contributed by atoms with E-state index in [1.165, 1.54) is 5.82 Å². The van der Waals surface area contributed by atoms with Crippen LogP contribution in [0.2, 0.25) is 5.15 Å². The van der Waals surface area contributed by atoms with Crippen molar-refractivity contribution in [3.63, 3.8) is 0 Å². The molecule has 20 heavy (non-hydrogen) atoms. The van der Waals surface area contributed by atoms with Crippen LogP contribution in [-0.2, 0) is 13.6 Å². The van der Waals surface area contributed by atoms with Crippen LogP contribution in [0.5, 0.6) is 0 Å². The molecule has 0 fully saturated rings. The Balaban J connectivity index is 2.39. The quantitative estimate of drug-likeness (QED) is 0.632. The first-order chi connectivity index (χ1) is 9.59. The molecule has 0 aliphatic heterocycles. The van der Waals surface area contributed by atoms with E-state index in [0.717, 1.165) is 10.9 Å². The highest BCUT2D eigenvalue weighted by Gasteiger charge is 2.19. The van der Waals surface area contributed by atoms with E-state index in [2.05, 4.69) is 9.97 Å². The van der Waals surface area contributed by atoms with Gasteiger partial charge in [-0.05, 0) is 26.0 Å². The first-order valence-electron chi connectivity index (χ1n) is 6.29. The van der Waals surface area contributed by atoms with Crippen molar-refractivity contribution in [2.24, 2.45) is 0 Å². The van der Waals surface area contributed by atoms with Crippen LogP contribution in [0.25, 0.3) is 17.0 Å². The molecule has 2 rings (SSSR count). The van der Waals surface area contributed by atoms with E-state index in [1.54, 1.807) is 32.3 Å². The van der Waals surface area contributed by atoms with Gasteiger partial charge in [-0.3, -0.25) is 4.57 Å². The van der Waals surface area contributed by atoms with Crippen molar-refractivity contribution in [3.8, 4) is 0 Å².